The zero-order valence-electron chi connectivity index (χ0n) is 42.7. The van der Waals surface area contributed by atoms with Gasteiger partial charge in [-0.25, -0.2) is 0 Å². The van der Waals surface area contributed by atoms with E-state index in [1.807, 2.05) is 12.2 Å². The van der Waals surface area contributed by atoms with Crippen LogP contribution in [0, 0.1) is 101 Å². The van der Waals surface area contributed by atoms with Gasteiger partial charge in [-0.3, -0.25) is 70.4 Å². The van der Waals surface area contributed by atoms with Crippen molar-refractivity contribution in [1.29, 1.82) is 0 Å². The molecule has 0 aromatic heterocycles. The molecule has 2 bridgehead atoms. The van der Waals surface area contributed by atoms with Gasteiger partial charge in [-0.15, -0.1) is 0 Å². The summed E-state index contributed by atoms with van der Waals surface area (Å²) in [5.41, 5.74) is -6.01. The van der Waals surface area contributed by atoms with Crippen LogP contribution in [0.4, 0.5) is 0 Å². The lowest BCUT2D eigenvalue weighted by atomic mass is 9.35. The molecule has 416 valence electrons. The van der Waals surface area contributed by atoms with E-state index >= 15 is 0 Å². The fraction of sp³-hybridized carbons (Fsp3) is 0.827. The summed E-state index contributed by atoms with van der Waals surface area (Å²) in [6, 6.07) is -3.87. The van der Waals surface area contributed by atoms with Crippen LogP contribution >= 0.6 is 23.2 Å². The Hall–Kier alpha value is -4.67. The number of fused-ring (bicyclic) bond motifs is 5. The van der Waals surface area contributed by atoms with Crippen molar-refractivity contribution in [3.63, 3.8) is 0 Å². The van der Waals surface area contributed by atoms with Crippen molar-refractivity contribution < 1.29 is 39.1 Å². The highest BCUT2D eigenvalue weighted by molar-refractivity contribution is 6.36. The molecule has 0 radical (unpaired) electrons. The summed E-state index contributed by atoms with van der Waals surface area (Å²) in [7, 11) is 0. The molecule has 24 heteroatoms. The molecule has 1 aromatic carbocycles. The lowest BCUT2D eigenvalue weighted by molar-refractivity contribution is -0.532. The Balaban J connectivity index is 1.35. The first-order valence-electron chi connectivity index (χ1n) is 28.0. The second kappa shape index (κ2) is 21.2. The number of amides is 1. The number of benzene rings is 1. The van der Waals surface area contributed by atoms with Gasteiger partial charge in [-0.1, -0.05) is 35.4 Å². The zero-order chi connectivity index (χ0) is 54.1. The number of nitro groups is 6. The lowest BCUT2D eigenvalue weighted by Gasteiger charge is -2.65. The minimum Gasteiger partial charge on any atom is -0.357 e. The van der Waals surface area contributed by atoms with Crippen molar-refractivity contribution in [3.8, 4) is 0 Å². The maximum absolute atomic E-state index is 14.9. The van der Waals surface area contributed by atoms with Crippen molar-refractivity contribution in [2.45, 2.75) is 220 Å². The van der Waals surface area contributed by atoms with E-state index in [2.05, 4.69) is 10.2 Å². The molecular formula is C52H70Cl2N8O14. The summed E-state index contributed by atoms with van der Waals surface area (Å²) in [6.45, 7) is -0.270. The highest BCUT2D eigenvalue weighted by Crippen LogP contribution is 2.85. The van der Waals surface area contributed by atoms with E-state index < -0.39 is 112 Å². The number of nitrogens with one attached hydrogen (secondary N) is 1. The number of hydrogen-bond acceptors (Lipinski definition) is 15. The summed E-state index contributed by atoms with van der Waals surface area (Å²) in [5.74, 6) is -3.68. The number of ether oxygens (including phenoxy) is 1. The first-order chi connectivity index (χ1) is 36.3. The average Bonchev–Trinajstić information content (AvgIpc) is 4.20. The maximum Gasteiger partial charge on any atom is 0.252 e. The molecular weight excluding hydrogens is 1030 g/mol. The molecule has 9 aliphatic rings. The van der Waals surface area contributed by atoms with Gasteiger partial charge in [0.25, 0.3) is 5.91 Å². The second-order valence-electron chi connectivity index (χ2n) is 24.4. The highest BCUT2D eigenvalue weighted by atomic mass is 35.5. The third-order valence-corrected chi connectivity index (χ3v) is 21.7. The standard InChI is InChI=1S/C52H70Cl2N8O14/c53-36-19-20-44(45(54)28-36)48(63)55-30-49-21-22-50(76-49,33-9-3-15-40(25-33)59(68)69)52(35-11-5-17-42(27-35)61(72)73)47(32-8-2-14-39(24-32)58(66)67)56(37-12-6-18-43(29-37)62(74)75)46(31-7-1-13-38(23-31)57(64)65)51(49,52)34-10-4-16-41(26-34)60(70)71/h19-22,28,31-35,37-43,46-47H,1-18,23-27,29-30H2,(H,55,63). The van der Waals surface area contributed by atoms with Crippen LogP contribution in [0.25, 0.3) is 0 Å². The number of halogens is 2. The van der Waals surface area contributed by atoms with Crippen LogP contribution in [0.5, 0.6) is 0 Å². The van der Waals surface area contributed by atoms with E-state index in [0.29, 0.717) is 83.5 Å². The summed E-state index contributed by atoms with van der Waals surface area (Å²) >= 11 is 13.0. The quantitative estimate of drug-likeness (QED) is 0.0971. The van der Waals surface area contributed by atoms with Gasteiger partial charge in [0.2, 0.25) is 36.3 Å². The van der Waals surface area contributed by atoms with Gasteiger partial charge in [0, 0.05) is 141 Å². The number of carbonyl (C=O) groups excluding carboxylic acids is 1. The lowest BCUT2D eigenvalue weighted by Crippen LogP contribution is -2.72. The van der Waals surface area contributed by atoms with Gasteiger partial charge in [-0.2, -0.15) is 0 Å². The summed E-state index contributed by atoms with van der Waals surface area (Å²) in [6.07, 6.45) is 11.1. The molecule has 6 aliphatic carbocycles. The van der Waals surface area contributed by atoms with Crippen molar-refractivity contribution in [3.05, 3.63) is 107 Å². The van der Waals surface area contributed by atoms with Crippen LogP contribution in [-0.4, -0.2) is 112 Å². The molecule has 1 amide bonds. The van der Waals surface area contributed by atoms with Gasteiger partial charge in [0.05, 0.1) is 22.7 Å². The van der Waals surface area contributed by atoms with Crippen molar-refractivity contribution in [1.82, 2.24) is 10.2 Å². The van der Waals surface area contributed by atoms with Gasteiger partial charge in [0.1, 0.15) is 5.60 Å². The largest absolute Gasteiger partial charge is 0.357 e. The smallest absolute Gasteiger partial charge is 0.252 e. The highest BCUT2D eigenvalue weighted by Gasteiger charge is 2.92. The predicted molar refractivity (Wildman–Crippen MR) is 276 cm³/mol. The van der Waals surface area contributed by atoms with Crippen LogP contribution in [-0.2, 0) is 4.74 Å². The number of likely N-dealkylation sites (tertiary alicyclic amines) is 1. The van der Waals surface area contributed by atoms with Crippen molar-refractivity contribution >= 4 is 29.1 Å². The van der Waals surface area contributed by atoms with Gasteiger partial charge in [-0.05, 0) is 125 Å². The number of hydrogen-bond donors (Lipinski definition) is 1. The maximum atomic E-state index is 14.9. The Morgan fingerprint density at radius 2 is 0.961 bits per heavy atom. The molecule has 18 unspecified atom stereocenters. The fourth-order valence-corrected chi connectivity index (χ4v) is 19.4. The first-order valence-corrected chi connectivity index (χ1v) is 28.8. The minimum absolute atomic E-state index is 0.0150. The van der Waals surface area contributed by atoms with E-state index in [9.17, 15) is 65.5 Å². The van der Waals surface area contributed by atoms with Crippen LogP contribution in [0.3, 0.4) is 0 Å². The first kappa shape index (κ1) is 54.7. The fourth-order valence-electron chi connectivity index (χ4n) is 18.9. The summed E-state index contributed by atoms with van der Waals surface area (Å²) < 4.78 is 8.26. The number of carbonyl (C=O) groups is 1. The molecule has 8 fully saturated rings. The minimum atomic E-state index is -1.67. The van der Waals surface area contributed by atoms with E-state index in [0.717, 1.165) is 0 Å². The molecule has 10 rings (SSSR count). The summed E-state index contributed by atoms with van der Waals surface area (Å²) in [4.78, 5) is 95.3. The molecule has 76 heavy (non-hydrogen) atoms. The Bertz CT molecular complexity index is 2530. The van der Waals surface area contributed by atoms with Crippen LogP contribution < -0.4 is 5.32 Å². The molecule has 1 N–H and O–H groups in total. The van der Waals surface area contributed by atoms with Gasteiger partial charge >= 0.3 is 0 Å². The summed E-state index contributed by atoms with van der Waals surface area (Å²) in [5, 5.41) is 83.1. The SMILES string of the molecule is O=C(NCC12C=CC(C3CCCC([N+](=O)[O-])C3)(O1)C1(C3CCCC([N+](=O)[O-])C3)C(C3CCCC([N+](=O)[O-])C3)N(C3CCCC([N+](=O)[O-])C3)C(C3CCCC([N+](=O)[O-])C3)C21C1CCCC([N+](=O)[O-])C1)c1ccc(Cl)cc1Cl. The molecule has 18 atom stereocenters. The molecule has 3 aliphatic heterocycles. The monoisotopic (exact) mass is 1100 g/mol. The molecule has 2 saturated heterocycles. The zero-order valence-corrected chi connectivity index (χ0v) is 44.3. The van der Waals surface area contributed by atoms with E-state index in [1.54, 1.807) is 0 Å². The Labute approximate surface area is 450 Å². The van der Waals surface area contributed by atoms with Crippen LogP contribution in [0.1, 0.15) is 164 Å². The molecule has 6 saturated carbocycles. The normalized spacial score (nSPS) is 42.4. The van der Waals surface area contributed by atoms with Crippen molar-refractivity contribution in [2.24, 2.45) is 40.4 Å². The topological polar surface area (TPSA) is 300 Å². The third kappa shape index (κ3) is 8.75. The van der Waals surface area contributed by atoms with E-state index in [4.69, 9.17) is 27.9 Å². The average molecular weight is 1100 g/mol. The molecule has 22 nitrogen and oxygen atoms in total. The Morgan fingerprint density at radius 3 is 1.46 bits per heavy atom. The van der Waals surface area contributed by atoms with E-state index in [1.165, 1.54) is 18.2 Å². The molecule has 3 heterocycles. The Morgan fingerprint density at radius 1 is 0.539 bits per heavy atom. The molecule has 0 spiro atoms. The van der Waals surface area contributed by atoms with E-state index in [-0.39, 0.29) is 122 Å². The Kier molecular flexibility index (Phi) is 15.2. The van der Waals surface area contributed by atoms with Crippen LogP contribution in [0.2, 0.25) is 10.0 Å². The van der Waals surface area contributed by atoms with Gasteiger partial charge < -0.3 is 10.1 Å². The predicted octanol–water partition coefficient (Wildman–Crippen LogP) is 9.59. The van der Waals surface area contributed by atoms with Crippen LogP contribution in [0.15, 0.2) is 30.4 Å². The van der Waals surface area contributed by atoms with Crippen molar-refractivity contribution in [2.75, 3.05) is 6.54 Å². The van der Waals surface area contributed by atoms with Gasteiger partial charge in [0.15, 0.2) is 0 Å². The molecule has 1 aromatic rings. The number of nitrogens with zero attached hydrogens (tertiary/aromatic N) is 7. The third-order valence-electron chi connectivity index (χ3n) is 21.2. The second-order valence-corrected chi connectivity index (χ2v) is 25.2. The number of rotatable bonds is 15.